The molecule has 0 unspecified atom stereocenters. The molecule has 0 bridgehead atoms. The van der Waals surface area contributed by atoms with E-state index in [4.69, 9.17) is 4.42 Å². The van der Waals surface area contributed by atoms with Crippen LogP contribution in [0.5, 0.6) is 0 Å². The van der Waals surface area contributed by atoms with Gasteiger partial charge >= 0.3 is 0 Å². The third kappa shape index (κ3) is 4.35. The number of carbonyl (C=O) groups is 2. The lowest BCUT2D eigenvalue weighted by Crippen LogP contribution is -2.23. The monoisotopic (exact) mass is 449 g/mol. The molecule has 6 nitrogen and oxygen atoms in total. The Labute approximate surface area is 175 Å². The SMILES string of the molecule is O=C(NCc1ccccn1)c1cccc(NC(=O)c2cc3cccc(Br)c3o2)c1. The highest BCUT2D eigenvalue weighted by Gasteiger charge is 2.15. The number of aromatic nitrogens is 1. The van der Waals surface area contributed by atoms with Crippen molar-refractivity contribution in [1.29, 1.82) is 0 Å². The second-order valence-corrected chi connectivity index (χ2v) is 7.16. The molecule has 2 aromatic heterocycles. The minimum atomic E-state index is -0.390. The predicted molar refractivity (Wildman–Crippen MR) is 114 cm³/mol. The molecule has 2 aromatic carbocycles. The molecule has 0 aliphatic carbocycles. The Kier molecular flexibility index (Phi) is 5.39. The molecule has 4 aromatic rings. The number of pyridine rings is 1. The van der Waals surface area contributed by atoms with Crippen molar-refractivity contribution < 1.29 is 14.0 Å². The molecule has 2 N–H and O–H groups in total. The number of amides is 2. The Morgan fingerprint density at radius 2 is 1.83 bits per heavy atom. The largest absolute Gasteiger partial charge is 0.450 e. The highest BCUT2D eigenvalue weighted by molar-refractivity contribution is 9.10. The Balaban J connectivity index is 1.45. The van der Waals surface area contributed by atoms with E-state index >= 15 is 0 Å². The molecule has 29 heavy (non-hydrogen) atoms. The number of anilines is 1. The van der Waals surface area contributed by atoms with E-state index in [2.05, 4.69) is 31.5 Å². The van der Waals surface area contributed by atoms with Crippen LogP contribution >= 0.6 is 15.9 Å². The van der Waals surface area contributed by atoms with E-state index in [1.54, 1.807) is 36.5 Å². The molecule has 0 saturated carbocycles. The van der Waals surface area contributed by atoms with Crippen molar-refractivity contribution in [3.8, 4) is 0 Å². The average molecular weight is 450 g/mol. The van der Waals surface area contributed by atoms with Crippen molar-refractivity contribution in [2.24, 2.45) is 0 Å². The third-order valence-corrected chi connectivity index (χ3v) is 4.88. The second kappa shape index (κ2) is 8.28. The van der Waals surface area contributed by atoms with Gasteiger partial charge in [0.2, 0.25) is 0 Å². The summed E-state index contributed by atoms with van der Waals surface area (Å²) in [6, 6.07) is 19.5. The summed E-state index contributed by atoms with van der Waals surface area (Å²) in [5.74, 6) is -0.449. The van der Waals surface area contributed by atoms with Crippen LogP contribution in [0.3, 0.4) is 0 Å². The molecular weight excluding hydrogens is 434 g/mol. The molecule has 2 amide bonds. The number of nitrogens with one attached hydrogen (secondary N) is 2. The zero-order valence-electron chi connectivity index (χ0n) is 15.2. The Morgan fingerprint density at radius 3 is 2.62 bits per heavy atom. The number of hydrogen-bond donors (Lipinski definition) is 2. The van der Waals surface area contributed by atoms with Gasteiger partial charge in [-0.05, 0) is 58.4 Å². The average Bonchev–Trinajstić information content (AvgIpc) is 3.19. The van der Waals surface area contributed by atoms with E-state index < -0.39 is 0 Å². The molecular formula is C22H16BrN3O3. The Morgan fingerprint density at radius 1 is 0.966 bits per heavy atom. The summed E-state index contributed by atoms with van der Waals surface area (Å²) in [6.07, 6.45) is 1.67. The highest BCUT2D eigenvalue weighted by atomic mass is 79.9. The lowest BCUT2D eigenvalue weighted by Gasteiger charge is -2.07. The zero-order valence-corrected chi connectivity index (χ0v) is 16.8. The van der Waals surface area contributed by atoms with Gasteiger partial charge in [-0.3, -0.25) is 14.6 Å². The first-order chi connectivity index (χ1) is 14.1. The van der Waals surface area contributed by atoms with E-state index in [1.165, 1.54) is 0 Å². The van der Waals surface area contributed by atoms with E-state index in [0.29, 0.717) is 23.4 Å². The highest BCUT2D eigenvalue weighted by Crippen LogP contribution is 2.27. The Bertz CT molecular complexity index is 1190. The molecule has 0 radical (unpaired) electrons. The molecule has 0 aliphatic heterocycles. The number of carbonyl (C=O) groups excluding carboxylic acids is 2. The second-order valence-electron chi connectivity index (χ2n) is 6.31. The molecule has 0 saturated heterocycles. The first-order valence-corrected chi connectivity index (χ1v) is 9.67. The van der Waals surface area contributed by atoms with Crippen LogP contribution in [0.4, 0.5) is 5.69 Å². The zero-order chi connectivity index (χ0) is 20.2. The van der Waals surface area contributed by atoms with Crippen molar-refractivity contribution in [2.45, 2.75) is 6.54 Å². The first kappa shape index (κ1) is 18.9. The standard InChI is InChI=1S/C22H16BrN3O3/c23-18-9-4-5-14-12-19(29-20(14)18)22(28)26-16-8-3-6-15(11-16)21(27)25-13-17-7-1-2-10-24-17/h1-12H,13H2,(H,25,27)(H,26,28). The summed E-state index contributed by atoms with van der Waals surface area (Å²) in [7, 11) is 0. The topological polar surface area (TPSA) is 84.2 Å². The number of fused-ring (bicyclic) bond motifs is 1. The van der Waals surface area contributed by atoms with Crippen LogP contribution in [0.2, 0.25) is 0 Å². The van der Waals surface area contributed by atoms with Gasteiger partial charge in [-0.15, -0.1) is 0 Å². The molecule has 0 aliphatic rings. The molecule has 7 heteroatoms. The van der Waals surface area contributed by atoms with Gasteiger partial charge in [-0.2, -0.15) is 0 Å². The van der Waals surface area contributed by atoms with Crippen LogP contribution in [0.25, 0.3) is 11.0 Å². The molecule has 144 valence electrons. The number of nitrogens with zero attached hydrogens (tertiary/aromatic N) is 1. The van der Waals surface area contributed by atoms with Crippen molar-refractivity contribution in [2.75, 3.05) is 5.32 Å². The van der Waals surface area contributed by atoms with Crippen molar-refractivity contribution in [3.05, 3.63) is 94.4 Å². The lowest BCUT2D eigenvalue weighted by atomic mass is 10.2. The quantitative estimate of drug-likeness (QED) is 0.459. The summed E-state index contributed by atoms with van der Waals surface area (Å²) in [6.45, 7) is 0.324. The fourth-order valence-electron chi connectivity index (χ4n) is 2.85. The molecule has 2 heterocycles. The van der Waals surface area contributed by atoms with Crippen LogP contribution in [0.15, 0.2) is 81.8 Å². The maximum absolute atomic E-state index is 12.6. The van der Waals surface area contributed by atoms with Gasteiger partial charge < -0.3 is 15.1 Å². The van der Waals surface area contributed by atoms with Gasteiger partial charge in [0.05, 0.1) is 16.7 Å². The number of furan rings is 1. The number of hydrogen-bond acceptors (Lipinski definition) is 4. The predicted octanol–water partition coefficient (Wildman–Crippen LogP) is 4.77. The van der Waals surface area contributed by atoms with Gasteiger partial charge in [0.15, 0.2) is 5.76 Å². The molecule has 0 fully saturated rings. The fraction of sp³-hybridized carbons (Fsp3) is 0.0455. The molecule has 0 atom stereocenters. The van der Waals surface area contributed by atoms with Crippen molar-refractivity contribution in [3.63, 3.8) is 0 Å². The first-order valence-electron chi connectivity index (χ1n) is 8.88. The summed E-state index contributed by atoms with van der Waals surface area (Å²) < 4.78 is 6.43. The Hall–Kier alpha value is -3.45. The third-order valence-electron chi connectivity index (χ3n) is 4.26. The summed E-state index contributed by atoms with van der Waals surface area (Å²) in [5.41, 5.74) is 2.31. The number of para-hydroxylation sites is 1. The summed E-state index contributed by atoms with van der Waals surface area (Å²) in [4.78, 5) is 29.1. The summed E-state index contributed by atoms with van der Waals surface area (Å²) in [5, 5.41) is 6.41. The number of rotatable bonds is 5. The van der Waals surface area contributed by atoms with Crippen LogP contribution in [-0.4, -0.2) is 16.8 Å². The fourth-order valence-corrected chi connectivity index (χ4v) is 3.31. The van der Waals surface area contributed by atoms with E-state index in [0.717, 1.165) is 15.6 Å². The van der Waals surface area contributed by atoms with Gasteiger partial charge in [-0.25, -0.2) is 0 Å². The van der Waals surface area contributed by atoms with Gasteiger partial charge in [0.1, 0.15) is 5.58 Å². The number of benzene rings is 2. The van der Waals surface area contributed by atoms with Gasteiger partial charge in [0, 0.05) is 22.8 Å². The van der Waals surface area contributed by atoms with Crippen LogP contribution < -0.4 is 10.6 Å². The van der Waals surface area contributed by atoms with Crippen molar-refractivity contribution in [1.82, 2.24) is 10.3 Å². The molecule has 4 rings (SSSR count). The maximum Gasteiger partial charge on any atom is 0.291 e. The van der Waals surface area contributed by atoms with Gasteiger partial charge in [-0.1, -0.05) is 24.3 Å². The van der Waals surface area contributed by atoms with Crippen molar-refractivity contribution >= 4 is 44.4 Å². The minimum Gasteiger partial charge on any atom is -0.450 e. The van der Waals surface area contributed by atoms with Crippen LogP contribution in [0, 0.1) is 0 Å². The molecule has 0 spiro atoms. The lowest BCUT2D eigenvalue weighted by molar-refractivity contribution is 0.0948. The van der Waals surface area contributed by atoms with E-state index in [-0.39, 0.29) is 17.6 Å². The maximum atomic E-state index is 12.6. The smallest absolute Gasteiger partial charge is 0.291 e. The number of halogens is 1. The summed E-state index contributed by atoms with van der Waals surface area (Å²) >= 11 is 3.41. The van der Waals surface area contributed by atoms with E-state index in [9.17, 15) is 9.59 Å². The van der Waals surface area contributed by atoms with E-state index in [1.807, 2.05) is 36.4 Å². The van der Waals surface area contributed by atoms with Crippen LogP contribution in [0.1, 0.15) is 26.6 Å². The minimum absolute atomic E-state index is 0.192. The van der Waals surface area contributed by atoms with Crippen LogP contribution in [-0.2, 0) is 6.54 Å². The normalized spacial score (nSPS) is 10.7. The van der Waals surface area contributed by atoms with Gasteiger partial charge in [0.25, 0.3) is 11.8 Å².